The van der Waals surface area contributed by atoms with Crippen LogP contribution in [0, 0.1) is 16.9 Å². The van der Waals surface area contributed by atoms with Gasteiger partial charge in [0, 0.05) is 48.1 Å². The van der Waals surface area contributed by atoms with Gasteiger partial charge in [-0.25, -0.2) is 4.98 Å². The number of fused-ring (bicyclic) bond motifs is 6. The maximum atomic E-state index is 12.2. The number of hydrogen-bond acceptors (Lipinski definition) is 7. The number of aliphatic hydroxyl groups is 1. The zero-order valence-electron chi connectivity index (χ0n) is 28.8. The summed E-state index contributed by atoms with van der Waals surface area (Å²) in [7, 11) is 0. The summed E-state index contributed by atoms with van der Waals surface area (Å²) >= 11 is 5.36. The minimum absolute atomic E-state index is 0. The number of benzene rings is 2. The Kier molecular flexibility index (Phi) is 11.6. The van der Waals surface area contributed by atoms with Crippen molar-refractivity contribution in [3.8, 4) is 11.3 Å². The largest absolute Gasteiger partial charge is 0.512 e. The Bertz CT molecular complexity index is 2050. The van der Waals surface area contributed by atoms with Crippen LogP contribution in [0.4, 0.5) is 0 Å². The second-order valence-electron chi connectivity index (χ2n) is 13.7. The second kappa shape index (κ2) is 14.6. The van der Waals surface area contributed by atoms with Gasteiger partial charge in [0.25, 0.3) is 0 Å². The molecule has 0 atom stereocenters. The molecule has 6 rings (SSSR count). The van der Waals surface area contributed by atoms with Crippen LogP contribution in [0.1, 0.15) is 93.6 Å². The molecule has 1 radical (unpaired) electrons. The summed E-state index contributed by atoms with van der Waals surface area (Å²) in [4.78, 5) is 22.6. The van der Waals surface area contributed by atoms with Crippen molar-refractivity contribution >= 4 is 80.3 Å². The third-order valence-electron chi connectivity index (χ3n) is 9.99. The molecule has 0 bridgehead atoms. The minimum atomic E-state index is -0.337. The first kappa shape index (κ1) is 37.3. The molecule has 2 aromatic carbocycles. The van der Waals surface area contributed by atoms with Gasteiger partial charge in [-0.15, -0.1) is 46.3 Å². The number of rotatable bonds is 8. The first-order chi connectivity index (χ1) is 21.8. The molecule has 0 aliphatic heterocycles. The average Bonchev–Trinajstić information content (AvgIpc) is 3.81. The van der Waals surface area contributed by atoms with Gasteiger partial charge in [0.2, 0.25) is 0 Å². The number of carbonyl (C=O) groups is 1. The third kappa shape index (κ3) is 7.14. The second-order valence-corrected chi connectivity index (χ2v) is 16.6. The van der Waals surface area contributed by atoms with E-state index < -0.39 is 0 Å². The molecule has 0 saturated heterocycles. The summed E-state index contributed by atoms with van der Waals surface area (Å²) in [6.45, 7) is 18.9. The van der Waals surface area contributed by atoms with E-state index in [4.69, 9.17) is 4.98 Å². The van der Waals surface area contributed by atoms with Crippen molar-refractivity contribution in [1.29, 1.82) is 0 Å². The van der Waals surface area contributed by atoms with Crippen molar-refractivity contribution in [2.45, 2.75) is 93.4 Å². The van der Waals surface area contributed by atoms with Gasteiger partial charge in [-0.2, -0.15) is 11.3 Å². The maximum Gasteiger partial charge on any atom is 0.164 e. The Morgan fingerprint density at radius 1 is 0.851 bits per heavy atom. The monoisotopic (exact) mass is 862 g/mol. The van der Waals surface area contributed by atoms with E-state index in [1.807, 2.05) is 41.5 Å². The number of aliphatic hydroxyl groups excluding tert-OH is 1. The SMILES string of the molecule is CC(C)(C)c1cc(-c2ncnc3sc4c(ccc5ccsc54)c23)[c-]c2ccsc12.CCC(C)(CC)C(=O)/C=C(\O)C(C)(CC)CC.[Ir]. The molecular weight excluding hydrogens is 817 g/mol. The number of carbonyl (C=O) groups excluding carboxylic acids is 1. The molecule has 251 valence electrons. The number of aromatic nitrogens is 2. The van der Waals surface area contributed by atoms with Gasteiger partial charge >= 0.3 is 0 Å². The molecule has 0 aliphatic carbocycles. The summed E-state index contributed by atoms with van der Waals surface area (Å²) in [6.07, 6.45) is 6.45. The van der Waals surface area contributed by atoms with Crippen molar-refractivity contribution < 1.29 is 30.0 Å². The number of ketones is 1. The quantitative estimate of drug-likeness (QED) is 0.0941. The van der Waals surface area contributed by atoms with E-state index in [1.165, 1.54) is 41.9 Å². The Morgan fingerprint density at radius 2 is 1.49 bits per heavy atom. The zero-order chi connectivity index (χ0) is 33.4. The van der Waals surface area contributed by atoms with E-state index in [-0.39, 0.29) is 47.9 Å². The Morgan fingerprint density at radius 3 is 2.13 bits per heavy atom. The smallest absolute Gasteiger partial charge is 0.164 e. The molecule has 0 amide bonds. The van der Waals surface area contributed by atoms with Crippen molar-refractivity contribution in [3.63, 3.8) is 0 Å². The third-order valence-corrected chi connectivity index (χ3v) is 13.1. The minimum Gasteiger partial charge on any atom is -0.512 e. The summed E-state index contributed by atoms with van der Waals surface area (Å²) in [5.74, 6) is 0.286. The normalized spacial score (nSPS) is 12.8. The molecule has 0 unspecified atom stereocenters. The van der Waals surface area contributed by atoms with Crippen LogP contribution in [0.25, 0.3) is 51.7 Å². The van der Waals surface area contributed by atoms with Gasteiger partial charge in [0.1, 0.15) is 16.9 Å². The summed E-state index contributed by atoms with van der Waals surface area (Å²) in [6, 6.07) is 14.7. The van der Waals surface area contributed by atoms with Crippen molar-refractivity contribution in [1.82, 2.24) is 9.97 Å². The molecular formula is C39H45IrN2O2S3-. The molecule has 4 nitrogen and oxygen atoms in total. The Labute approximate surface area is 304 Å². The topological polar surface area (TPSA) is 63.1 Å². The Balaban J connectivity index is 0.000000242. The molecule has 4 heterocycles. The first-order valence-electron chi connectivity index (χ1n) is 16.2. The van der Waals surface area contributed by atoms with Crippen LogP contribution >= 0.6 is 34.0 Å². The van der Waals surface area contributed by atoms with E-state index in [2.05, 4.69) is 72.9 Å². The van der Waals surface area contributed by atoms with E-state index in [1.54, 1.807) is 40.3 Å². The summed E-state index contributed by atoms with van der Waals surface area (Å²) in [5.41, 5.74) is 2.84. The van der Waals surface area contributed by atoms with Gasteiger partial charge in [0.05, 0.1) is 9.40 Å². The fourth-order valence-corrected chi connectivity index (χ4v) is 8.95. The standard InChI is InChI=1S/C24H17N2S3.C15H28O2.Ir/c1-24(2,3)17-11-15(10-14-7-9-27-20(14)17)19-18-16-5-4-13-6-8-28-21(13)22(16)29-23(18)26-12-25-19;1-7-14(5,8-2)12(16)11-13(17)15(6,9-3)10-4;/h4-9,11-12H,1-3H3;11,16H,7-10H2,1-6H3;/q-1;;/b;12-11-;. The zero-order valence-corrected chi connectivity index (χ0v) is 33.7. The molecule has 8 heteroatoms. The van der Waals surface area contributed by atoms with E-state index in [9.17, 15) is 9.90 Å². The fourth-order valence-electron chi connectivity index (χ4n) is 5.67. The van der Waals surface area contributed by atoms with Crippen molar-refractivity contribution in [2.75, 3.05) is 0 Å². The van der Waals surface area contributed by atoms with Gasteiger partial charge in [-0.05, 0) is 63.4 Å². The molecule has 4 aromatic heterocycles. The summed E-state index contributed by atoms with van der Waals surface area (Å²) < 4.78 is 3.97. The van der Waals surface area contributed by atoms with Crippen LogP contribution in [0.15, 0.2) is 59.3 Å². The van der Waals surface area contributed by atoms with E-state index in [0.29, 0.717) is 0 Å². The molecule has 0 spiro atoms. The number of nitrogens with zero attached hydrogens (tertiary/aromatic N) is 2. The predicted octanol–water partition coefficient (Wildman–Crippen LogP) is 12.7. The molecule has 0 aliphatic rings. The van der Waals surface area contributed by atoms with E-state index in [0.717, 1.165) is 47.2 Å². The average molecular weight is 862 g/mol. The molecule has 1 N–H and O–H groups in total. The van der Waals surface area contributed by atoms with Crippen molar-refractivity contribution in [2.24, 2.45) is 10.8 Å². The predicted molar refractivity (Wildman–Crippen MR) is 202 cm³/mol. The Hall–Kier alpha value is -2.48. The van der Waals surface area contributed by atoms with Crippen LogP contribution < -0.4 is 0 Å². The number of thiophene rings is 3. The van der Waals surface area contributed by atoms with Crippen LogP contribution in [-0.2, 0) is 30.3 Å². The maximum absolute atomic E-state index is 12.2. The van der Waals surface area contributed by atoms with Crippen LogP contribution in [0.5, 0.6) is 0 Å². The van der Waals surface area contributed by atoms with Crippen LogP contribution in [-0.4, -0.2) is 20.9 Å². The van der Waals surface area contributed by atoms with Gasteiger partial charge in [-0.3, -0.25) is 9.78 Å². The number of allylic oxidation sites excluding steroid dienone is 2. The van der Waals surface area contributed by atoms with E-state index >= 15 is 0 Å². The van der Waals surface area contributed by atoms with Gasteiger partial charge in [0.15, 0.2) is 5.78 Å². The fraction of sp³-hybridized carbons (Fsp3) is 0.410. The summed E-state index contributed by atoms with van der Waals surface area (Å²) in [5, 5.41) is 19.3. The molecule has 0 saturated carbocycles. The molecule has 47 heavy (non-hydrogen) atoms. The first-order valence-corrected chi connectivity index (χ1v) is 18.8. The van der Waals surface area contributed by atoms with Gasteiger partial charge in [-0.1, -0.05) is 85.6 Å². The van der Waals surface area contributed by atoms with Crippen molar-refractivity contribution in [3.05, 3.63) is 70.9 Å². The van der Waals surface area contributed by atoms with Crippen LogP contribution in [0.3, 0.4) is 0 Å². The molecule has 6 aromatic rings. The van der Waals surface area contributed by atoms with Gasteiger partial charge < -0.3 is 5.11 Å². The number of hydrogen-bond donors (Lipinski definition) is 1. The van der Waals surface area contributed by atoms with Crippen LogP contribution in [0.2, 0.25) is 0 Å². The molecule has 0 fully saturated rings.